The number of carbonyl (C=O) groups excluding carboxylic acids is 2. The van der Waals surface area contributed by atoms with Gasteiger partial charge < -0.3 is 0 Å². The van der Waals surface area contributed by atoms with Gasteiger partial charge in [0.25, 0.3) is 0 Å². The Morgan fingerprint density at radius 1 is 0.500 bits per heavy atom. The predicted octanol–water partition coefficient (Wildman–Crippen LogP) is 9.07. The maximum atomic E-state index is 14.3. The van der Waals surface area contributed by atoms with E-state index in [-0.39, 0.29) is 44.6 Å². The van der Waals surface area contributed by atoms with Crippen molar-refractivity contribution in [1.29, 1.82) is 0 Å². The average molecular weight is 767 g/mol. The summed E-state index contributed by atoms with van der Waals surface area (Å²) in [4.78, 5) is 28.8. The highest BCUT2D eigenvalue weighted by Crippen LogP contribution is 2.41. The first-order valence-corrected chi connectivity index (χ1v) is 22.6. The molecule has 0 amide bonds. The van der Waals surface area contributed by atoms with Crippen LogP contribution < -0.4 is 9.44 Å². The molecule has 3 aliphatic carbocycles. The number of carbonyl (C=O) groups is 2. The maximum absolute atomic E-state index is 14.3. The molecular weight excluding hydrogens is 717 g/mol. The summed E-state index contributed by atoms with van der Waals surface area (Å²) in [5, 5.41) is 0. The molecule has 54 heavy (non-hydrogen) atoms. The van der Waals surface area contributed by atoms with E-state index >= 15 is 0 Å². The molecular formula is C44H50N2O6S2. The van der Waals surface area contributed by atoms with Crippen molar-refractivity contribution >= 4 is 31.6 Å². The molecule has 4 aromatic carbocycles. The summed E-state index contributed by atoms with van der Waals surface area (Å²) in [7, 11) is -7.55. The molecule has 0 aromatic heterocycles. The SMILES string of the molecule is CCCC1CCCCC1NS(=O)(=O)c1ccc(-c2ccc(-c3ccc(S(=O)(=O)NC4CCCCC4CCC)cc3)c3c2C(=O)c2ccccc2C3=O)cc1. The van der Waals surface area contributed by atoms with Crippen molar-refractivity contribution in [3.63, 3.8) is 0 Å². The molecule has 2 fully saturated rings. The molecule has 2 saturated carbocycles. The van der Waals surface area contributed by atoms with E-state index in [0.717, 1.165) is 77.0 Å². The van der Waals surface area contributed by atoms with Gasteiger partial charge in [0.2, 0.25) is 20.0 Å². The molecule has 7 rings (SSSR count). The molecule has 0 bridgehead atoms. The first kappa shape index (κ1) is 38.3. The molecule has 0 spiro atoms. The Bertz CT molecular complexity index is 2090. The second kappa shape index (κ2) is 16.0. The fraction of sp³-hybridized carbons (Fsp3) is 0.409. The second-order valence-corrected chi connectivity index (χ2v) is 18.7. The Hall–Kier alpha value is -3.96. The first-order valence-electron chi connectivity index (χ1n) is 19.6. The van der Waals surface area contributed by atoms with Gasteiger partial charge in [0.1, 0.15) is 0 Å². The van der Waals surface area contributed by atoms with Gasteiger partial charge in [0.05, 0.1) is 9.79 Å². The van der Waals surface area contributed by atoms with Crippen LogP contribution in [0.15, 0.2) is 94.7 Å². The van der Waals surface area contributed by atoms with Gasteiger partial charge in [-0.25, -0.2) is 26.3 Å². The fourth-order valence-electron chi connectivity index (χ4n) is 9.02. The molecule has 3 aliphatic rings. The van der Waals surface area contributed by atoms with Crippen molar-refractivity contribution in [1.82, 2.24) is 9.44 Å². The molecule has 0 aliphatic heterocycles. The highest BCUT2D eigenvalue weighted by atomic mass is 32.2. The Kier molecular flexibility index (Phi) is 11.4. The Balaban J connectivity index is 1.22. The van der Waals surface area contributed by atoms with Gasteiger partial charge in [-0.1, -0.05) is 113 Å². The number of hydrogen-bond acceptors (Lipinski definition) is 6. The van der Waals surface area contributed by atoms with Gasteiger partial charge >= 0.3 is 0 Å². The number of fused-ring (bicyclic) bond motifs is 2. The minimum absolute atomic E-state index is 0.0906. The number of hydrogen-bond donors (Lipinski definition) is 2. The third-order valence-electron chi connectivity index (χ3n) is 11.8. The van der Waals surface area contributed by atoms with E-state index in [1.807, 2.05) is 0 Å². The second-order valence-electron chi connectivity index (χ2n) is 15.3. The number of sulfonamides is 2. The largest absolute Gasteiger partial charge is 0.289 e. The smallest absolute Gasteiger partial charge is 0.240 e. The fourth-order valence-corrected chi connectivity index (χ4v) is 11.7. The van der Waals surface area contributed by atoms with E-state index in [1.54, 1.807) is 84.9 Å². The van der Waals surface area contributed by atoms with Crippen molar-refractivity contribution in [3.05, 3.63) is 107 Å². The lowest BCUT2D eigenvalue weighted by molar-refractivity contribution is 0.0980. The lowest BCUT2D eigenvalue weighted by Gasteiger charge is -2.31. The lowest BCUT2D eigenvalue weighted by atomic mass is 9.77. The van der Waals surface area contributed by atoms with Gasteiger partial charge in [0.15, 0.2) is 11.6 Å². The normalized spacial score (nSPS) is 21.7. The zero-order valence-corrected chi connectivity index (χ0v) is 32.8. The summed E-state index contributed by atoms with van der Waals surface area (Å²) in [6.45, 7) is 4.25. The van der Waals surface area contributed by atoms with Crippen LogP contribution in [0.1, 0.15) is 123 Å². The average Bonchev–Trinajstić information content (AvgIpc) is 3.18. The quantitative estimate of drug-likeness (QED) is 0.131. The van der Waals surface area contributed by atoms with Crippen LogP contribution in [0.5, 0.6) is 0 Å². The lowest BCUT2D eigenvalue weighted by Crippen LogP contribution is -2.42. The molecule has 10 heteroatoms. The zero-order chi connectivity index (χ0) is 38.0. The Labute approximate surface area is 320 Å². The van der Waals surface area contributed by atoms with Crippen LogP contribution in [0.3, 0.4) is 0 Å². The van der Waals surface area contributed by atoms with Crippen molar-refractivity contribution in [2.75, 3.05) is 0 Å². The summed E-state index contributed by atoms with van der Waals surface area (Å²) in [6.07, 6.45) is 12.0. The first-order chi connectivity index (χ1) is 26.0. The van der Waals surface area contributed by atoms with Crippen molar-refractivity contribution < 1.29 is 26.4 Å². The summed E-state index contributed by atoms with van der Waals surface area (Å²) in [5.74, 6) is 0.0529. The molecule has 0 saturated heterocycles. The highest BCUT2D eigenvalue weighted by molar-refractivity contribution is 7.89. The zero-order valence-electron chi connectivity index (χ0n) is 31.1. The van der Waals surface area contributed by atoms with Crippen LogP contribution >= 0.6 is 0 Å². The predicted molar refractivity (Wildman–Crippen MR) is 213 cm³/mol. The van der Waals surface area contributed by atoms with Crippen LogP contribution in [-0.4, -0.2) is 40.5 Å². The number of nitrogens with one attached hydrogen (secondary N) is 2. The monoisotopic (exact) mass is 766 g/mol. The molecule has 4 aromatic rings. The van der Waals surface area contributed by atoms with Gasteiger partial charge in [0, 0.05) is 34.3 Å². The molecule has 0 radical (unpaired) electrons. The molecule has 0 heterocycles. The number of ketones is 2. The standard InChI is InChI=1S/C44H50N2O6S2/c1-3-11-31-13-5-9-17-39(31)45-53(49,50)33-23-19-29(20-24-33)35-27-28-36(42-41(35)43(47)37-15-7-8-16-38(37)44(42)48)30-21-25-34(26-22-30)54(51,52)46-40-18-10-6-14-32(40)12-4-2/h7-8,15-16,19-28,31-32,39-40,45-46H,3-6,9-14,17-18H2,1-2H3. The van der Waals surface area contributed by atoms with Crippen molar-refractivity contribution in [3.8, 4) is 22.3 Å². The van der Waals surface area contributed by atoms with E-state index < -0.39 is 20.0 Å². The minimum atomic E-state index is -3.78. The molecule has 284 valence electrons. The molecule has 4 unspecified atom stereocenters. The molecule has 2 N–H and O–H groups in total. The van der Waals surface area contributed by atoms with Gasteiger partial charge in [-0.15, -0.1) is 0 Å². The topological polar surface area (TPSA) is 126 Å². The van der Waals surface area contributed by atoms with Crippen molar-refractivity contribution in [2.24, 2.45) is 11.8 Å². The van der Waals surface area contributed by atoms with Crippen LogP contribution in [0.25, 0.3) is 22.3 Å². The van der Waals surface area contributed by atoms with Crippen LogP contribution in [0, 0.1) is 11.8 Å². The Morgan fingerprint density at radius 2 is 0.870 bits per heavy atom. The molecule has 8 nitrogen and oxygen atoms in total. The van der Waals surface area contributed by atoms with Gasteiger partial charge in [-0.3, -0.25) is 9.59 Å². The van der Waals surface area contributed by atoms with E-state index in [9.17, 15) is 26.4 Å². The Morgan fingerprint density at radius 3 is 1.24 bits per heavy atom. The highest BCUT2D eigenvalue weighted by Gasteiger charge is 2.35. The third kappa shape index (κ3) is 7.63. The van der Waals surface area contributed by atoms with E-state index in [0.29, 0.717) is 45.2 Å². The third-order valence-corrected chi connectivity index (χ3v) is 14.8. The summed E-state index contributed by atoms with van der Waals surface area (Å²) < 4.78 is 60.1. The maximum Gasteiger partial charge on any atom is 0.240 e. The minimum Gasteiger partial charge on any atom is -0.289 e. The number of rotatable bonds is 12. The van der Waals surface area contributed by atoms with Gasteiger partial charge in [-0.2, -0.15) is 0 Å². The summed E-state index contributed by atoms with van der Waals surface area (Å²) >= 11 is 0. The van der Waals surface area contributed by atoms with Crippen LogP contribution in [-0.2, 0) is 20.0 Å². The van der Waals surface area contributed by atoms with E-state index in [1.165, 1.54) is 0 Å². The van der Waals surface area contributed by atoms with E-state index in [2.05, 4.69) is 23.3 Å². The van der Waals surface area contributed by atoms with Crippen LogP contribution in [0.2, 0.25) is 0 Å². The van der Waals surface area contributed by atoms with Crippen molar-refractivity contribution in [2.45, 2.75) is 113 Å². The summed E-state index contributed by atoms with van der Waals surface area (Å²) in [5.41, 5.74) is 3.35. The van der Waals surface area contributed by atoms with Crippen LogP contribution in [0.4, 0.5) is 0 Å². The number of benzene rings is 4. The van der Waals surface area contributed by atoms with Gasteiger partial charge in [-0.05, 0) is 96.9 Å². The van der Waals surface area contributed by atoms with E-state index in [4.69, 9.17) is 0 Å². The summed E-state index contributed by atoms with van der Waals surface area (Å²) in [6, 6.07) is 23.2. The molecule has 4 atom stereocenters.